The fraction of sp³-hybridized carbons (Fsp3) is 0.400. The highest BCUT2D eigenvalue weighted by Gasteiger charge is 2.31. The van der Waals surface area contributed by atoms with Crippen molar-refractivity contribution in [3.05, 3.63) is 52.5 Å². The van der Waals surface area contributed by atoms with E-state index in [-0.39, 0.29) is 4.90 Å². The zero-order valence-electron chi connectivity index (χ0n) is 15.9. The predicted molar refractivity (Wildman–Crippen MR) is 110 cm³/mol. The molecule has 1 heterocycles. The molecule has 1 saturated heterocycles. The van der Waals surface area contributed by atoms with Crippen LogP contribution in [0, 0.1) is 6.92 Å². The molecule has 1 aliphatic rings. The summed E-state index contributed by atoms with van der Waals surface area (Å²) in [5.74, 6) is 0.328. The van der Waals surface area contributed by atoms with Gasteiger partial charge in [0.1, 0.15) is 10.6 Å². The predicted octanol–water partition coefficient (Wildman–Crippen LogP) is 3.73. The minimum absolute atomic E-state index is 0.126. The van der Waals surface area contributed by atoms with E-state index < -0.39 is 10.0 Å². The molecule has 0 radical (unpaired) electrons. The third-order valence-electron chi connectivity index (χ3n) is 5.01. The van der Waals surface area contributed by atoms with Gasteiger partial charge in [0.15, 0.2) is 0 Å². The number of hydrogen-bond donors (Lipinski definition) is 0. The first-order valence-electron chi connectivity index (χ1n) is 9.05. The molecule has 0 aliphatic carbocycles. The lowest BCUT2D eigenvalue weighted by molar-refractivity contribution is 0.374. The molecule has 7 heteroatoms. The first-order chi connectivity index (χ1) is 12.9. The van der Waals surface area contributed by atoms with Gasteiger partial charge in [-0.3, -0.25) is 0 Å². The molecule has 1 aliphatic heterocycles. The number of sulfonamides is 1. The highest BCUT2D eigenvalue weighted by Crippen LogP contribution is 2.32. The Balaban J connectivity index is 1.77. The van der Waals surface area contributed by atoms with Gasteiger partial charge in [0.05, 0.1) is 7.11 Å². The van der Waals surface area contributed by atoms with Crippen LogP contribution < -0.4 is 9.64 Å². The van der Waals surface area contributed by atoms with Gasteiger partial charge in [-0.15, -0.1) is 0 Å². The van der Waals surface area contributed by atoms with Crippen LogP contribution in [0.15, 0.2) is 41.3 Å². The second kappa shape index (κ2) is 8.09. The molecule has 146 valence electrons. The van der Waals surface area contributed by atoms with Crippen LogP contribution in [0.25, 0.3) is 0 Å². The zero-order valence-corrected chi connectivity index (χ0v) is 17.5. The van der Waals surface area contributed by atoms with Crippen LogP contribution in [0.5, 0.6) is 5.75 Å². The first-order valence-corrected chi connectivity index (χ1v) is 10.9. The van der Waals surface area contributed by atoms with Gasteiger partial charge in [0.2, 0.25) is 10.0 Å². The van der Waals surface area contributed by atoms with Gasteiger partial charge in [-0.25, -0.2) is 8.42 Å². The van der Waals surface area contributed by atoms with Crippen LogP contribution in [0.4, 0.5) is 5.69 Å². The topological polar surface area (TPSA) is 49.9 Å². The van der Waals surface area contributed by atoms with Crippen LogP contribution in [0.1, 0.15) is 18.1 Å². The van der Waals surface area contributed by atoms with Gasteiger partial charge in [-0.2, -0.15) is 4.31 Å². The molecule has 27 heavy (non-hydrogen) atoms. The van der Waals surface area contributed by atoms with Crippen LogP contribution in [0.2, 0.25) is 5.02 Å². The Labute approximate surface area is 166 Å². The SMILES string of the molecule is CCc1ccc(N2CCN(S(=O)(=O)c3cc(Cl)c(C)cc3OC)CC2)cc1. The summed E-state index contributed by atoms with van der Waals surface area (Å²) < 4.78 is 33.1. The van der Waals surface area contributed by atoms with Gasteiger partial charge in [0, 0.05) is 36.9 Å². The smallest absolute Gasteiger partial charge is 0.246 e. The lowest BCUT2D eigenvalue weighted by Gasteiger charge is -2.35. The van der Waals surface area contributed by atoms with Crippen LogP contribution in [-0.2, 0) is 16.4 Å². The number of rotatable bonds is 5. The molecule has 2 aromatic rings. The van der Waals surface area contributed by atoms with Crippen molar-refractivity contribution in [3.8, 4) is 5.75 Å². The summed E-state index contributed by atoms with van der Waals surface area (Å²) in [6.07, 6.45) is 1.01. The summed E-state index contributed by atoms with van der Waals surface area (Å²) in [6.45, 7) is 6.09. The van der Waals surface area contributed by atoms with E-state index in [0.717, 1.165) is 17.7 Å². The molecule has 5 nitrogen and oxygen atoms in total. The highest BCUT2D eigenvalue weighted by molar-refractivity contribution is 7.89. The van der Waals surface area contributed by atoms with Crippen molar-refractivity contribution in [1.29, 1.82) is 0 Å². The fourth-order valence-electron chi connectivity index (χ4n) is 3.27. The second-order valence-electron chi connectivity index (χ2n) is 6.66. The van der Waals surface area contributed by atoms with E-state index in [1.807, 2.05) is 6.92 Å². The Kier molecular flexibility index (Phi) is 5.99. The van der Waals surface area contributed by atoms with Crippen molar-refractivity contribution in [2.24, 2.45) is 0 Å². The highest BCUT2D eigenvalue weighted by atomic mass is 35.5. The quantitative estimate of drug-likeness (QED) is 0.756. The number of anilines is 1. The van der Waals surface area contributed by atoms with Crippen molar-refractivity contribution in [2.75, 3.05) is 38.2 Å². The number of nitrogens with zero attached hydrogens (tertiary/aromatic N) is 2. The maximum atomic E-state index is 13.1. The molecule has 3 rings (SSSR count). The minimum atomic E-state index is -3.66. The molecule has 0 bridgehead atoms. The average molecular weight is 409 g/mol. The largest absolute Gasteiger partial charge is 0.495 e. The molecule has 0 unspecified atom stereocenters. The first kappa shape index (κ1) is 20.0. The van der Waals surface area contributed by atoms with Gasteiger partial charge in [-0.1, -0.05) is 30.7 Å². The number of piperazine rings is 1. The number of hydrogen-bond acceptors (Lipinski definition) is 4. The van der Waals surface area contributed by atoms with Crippen molar-refractivity contribution >= 4 is 27.3 Å². The molecule has 0 aromatic heterocycles. The summed E-state index contributed by atoms with van der Waals surface area (Å²) in [7, 11) is -2.19. The molecule has 0 saturated carbocycles. The summed E-state index contributed by atoms with van der Waals surface area (Å²) in [5.41, 5.74) is 3.20. The lowest BCUT2D eigenvalue weighted by Crippen LogP contribution is -2.48. The zero-order chi connectivity index (χ0) is 19.6. The van der Waals surface area contributed by atoms with E-state index in [4.69, 9.17) is 16.3 Å². The number of halogens is 1. The van der Waals surface area contributed by atoms with Crippen LogP contribution >= 0.6 is 11.6 Å². The van der Waals surface area contributed by atoms with Gasteiger partial charge < -0.3 is 9.64 Å². The maximum Gasteiger partial charge on any atom is 0.246 e. The summed E-state index contributed by atoms with van der Waals surface area (Å²) in [4.78, 5) is 2.34. The van der Waals surface area contributed by atoms with Crippen molar-refractivity contribution in [3.63, 3.8) is 0 Å². The normalized spacial score (nSPS) is 15.8. The minimum Gasteiger partial charge on any atom is -0.495 e. The molecule has 0 N–H and O–H groups in total. The third-order valence-corrected chi connectivity index (χ3v) is 7.34. The van der Waals surface area contributed by atoms with Crippen LogP contribution in [0.3, 0.4) is 0 Å². The fourth-order valence-corrected chi connectivity index (χ4v) is 5.08. The van der Waals surface area contributed by atoms with E-state index >= 15 is 0 Å². The van der Waals surface area contributed by atoms with Crippen molar-refractivity contribution in [1.82, 2.24) is 4.31 Å². The second-order valence-corrected chi connectivity index (χ2v) is 8.98. The molecule has 0 atom stereocenters. The van der Waals surface area contributed by atoms with E-state index in [1.165, 1.54) is 23.0 Å². The number of benzene rings is 2. The molecular formula is C20H25ClN2O3S. The third kappa shape index (κ3) is 4.08. The molecule has 1 fully saturated rings. The molecule has 0 amide bonds. The Hall–Kier alpha value is -1.76. The molecule has 2 aromatic carbocycles. The summed E-state index contributed by atoms with van der Waals surface area (Å²) in [6, 6.07) is 11.6. The van der Waals surface area contributed by atoms with E-state index in [1.54, 1.807) is 6.07 Å². The number of ether oxygens (including phenoxy) is 1. The lowest BCUT2D eigenvalue weighted by atomic mass is 10.1. The van der Waals surface area contributed by atoms with Crippen molar-refractivity contribution in [2.45, 2.75) is 25.2 Å². The van der Waals surface area contributed by atoms with E-state index in [0.29, 0.717) is 37.0 Å². The standard InChI is InChI=1S/C20H25ClN2O3S/c1-4-16-5-7-17(8-6-16)22-9-11-23(12-10-22)27(24,25)20-14-18(21)15(2)13-19(20)26-3/h5-8,13-14H,4,9-12H2,1-3H3. The summed E-state index contributed by atoms with van der Waals surface area (Å²) in [5, 5.41) is 0.420. The Bertz CT molecular complexity index is 906. The van der Waals surface area contributed by atoms with E-state index in [9.17, 15) is 8.42 Å². The van der Waals surface area contributed by atoms with Crippen LogP contribution in [-0.4, -0.2) is 46.0 Å². The monoisotopic (exact) mass is 408 g/mol. The van der Waals surface area contributed by atoms with Gasteiger partial charge >= 0.3 is 0 Å². The number of methoxy groups -OCH3 is 1. The molecule has 0 spiro atoms. The van der Waals surface area contributed by atoms with Crippen molar-refractivity contribution < 1.29 is 13.2 Å². The van der Waals surface area contributed by atoms with E-state index in [2.05, 4.69) is 36.1 Å². The Morgan fingerprint density at radius 2 is 1.70 bits per heavy atom. The van der Waals surface area contributed by atoms with Gasteiger partial charge in [-0.05, 0) is 48.7 Å². The molecular weight excluding hydrogens is 384 g/mol. The average Bonchev–Trinajstić information content (AvgIpc) is 2.69. The Morgan fingerprint density at radius 3 is 2.26 bits per heavy atom. The Morgan fingerprint density at radius 1 is 1.07 bits per heavy atom. The van der Waals surface area contributed by atoms with Gasteiger partial charge in [0.25, 0.3) is 0 Å². The summed E-state index contributed by atoms with van der Waals surface area (Å²) >= 11 is 6.17. The maximum absolute atomic E-state index is 13.1. The number of aryl methyl sites for hydroxylation is 2.